The smallest absolute Gasteiger partial charge is 0.756 e. The minimum atomic E-state index is -5.14. The molecule has 1 unspecified atom stereocenters. The van der Waals surface area contributed by atoms with Crippen LogP contribution in [0.3, 0.4) is 0 Å². The van der Waals surface area contributed by atoms with Crippen LogP contribution in [0.25, 0.3) is 22.6 Å². The summed E-state index contributed by atoms with van der Waals surface area (Å²) in [5.41, 5.74) is -0.398. The molecule has 22 heteroatoms. The third-order valence-corrected chi connectivity index (χ3v) is 6.94. The zero-order valence-corrected chi connectivity index (χ0v) is 27.4. The van der Waals surface area contributed by atoms with Crippen LogP contribution in [0.1, 0.15) is 16.7 Å². The van der Waals surface area contributed by atoms with Gasteiger partial charge in [0.1, 0.15) is 18.3 Å². The molecule has 20 nitrogen and oxygen atoms in total. The maximum absolute atomic E-state index is 12.2. The number of aromatic nitrogens is 4. The van der Waals surface area contributed by atoms with Crippen LogP contribution in [0.2, 0.25) is 0 Å². The minimum absolute atomic E-state index is 0. The van der Waals surface area contributed by atoms with E-state index in [1.807, 2.05) is 18.8 Å². The Morgan fingerprint density at radius 2 is 1.59 bits per heavy atom. The number of phosphoric ester groups is 1. The van der Waals surface area contributed by atoms with E-state index in [4.69, 9.17) is 4.89 Å². The largest absolute Gasteiger partial charge is 1.00 e. The SMILES string of the molecule is Cc1cc([N+](=O)[O-])cc([N+](=O)[O-])c1O.Cc1cc2nc3c(=O)[nH]c(=O)nc-3n(C[C@H](O)[C@H](O)[C@H](O)COP(=O)([O-])O)c2cc1C.[Na+]. The molecule has 2 aliphatic heterocycles. The molecular weight excluding hydrogens is 650 g/mol. The number of aliphatic hydroxyl groups is 3. The Morgan fingerprint density at radius 1 is 0.978 bits per heavy atom. The van der Waals surface area contributed by atoms with Crippen LogP contribution in [0.15, 0.2) is 33.9 Å². The van der Waals surface area contributed by atoms with Gasteiger partial charge in [-0.05, 0) is 44.0 Å². The summed E-state index contributed by atoms with van der Waals surface area (Å²) in [7, 11) is -5.14. The number of aromatic amines is 1. The Kier molecular flexibility index (Phi) is 12.8. The predicted molar refractivity (Wildman–Crippen MR) is 150 cm³/mol. The number of aryl methyl sites for hydroxylation is 3. The number of phenols is 1. The van der Waals surface area contributed by atoms with E-state index in [1.165, 1.54) is 11.5 Å². The molecule has 0 saturated heterocycles. The van der Waals surface area contributed by atoms with E-state index in [0.29, 0.717) is 11.0 Å². The number of nitrogens with one attached hydrogen (secondary N) is 1. The van der Waals surface area contributed by atoms with Crippen molar-refractivity contribution < 1.29 is 78.7 Å². The molecule has 2 aliphatic rings. The second kappa shape index (κ2) is 15.3. The van der Waals surface area contributed by atoms with Crippen LogP contribution in [0.4, 0.5) is 11.4 Å². The van der Waals surface area contributed by atoms with Gasteiger partial charge in [-0.2, -0.15) is 4.98 Å². The maximum Gasteiger partial charge on any atom is 1.00 e. The maximum atomic E-state index is 12.2. The van der Waals surface area contributed by atoms with Gasteiger partial charge >= 0.3 is 40.9 Å². The first kappa shape index (κ1) is 38.5. The van der Waals surface area contributed by atoms with Crippen molar-refractivity contribution in [3.63, 3.8) is 0 Å². The molecule has 0 spiro atoms. The van der Waals surface area contributed by atoms with Gasteiger partial charge in [-0.15, -0.1) is 0 Å². The number of phosphoric acid groups is 1. The molecule has 2 heterocycles. The number of aliphatic hydroxyl groups excluding tert-OH is 3. The first-order chi connectivity index (χ1) is 20.8. The molecule has 4 atom stereocenters. The summed E-state index contributed by atoms with van der Waals surface area (Å²) in [6, 6.07) is 5.19. The van der Waals surface area contributed by atoms with Crippen LogP contribution in [-0.2, 0) is 15.6 Å². The van der Waals surface area contributed by atoms with Gasteiger partial charge in [-0.1, -0.05) is 0 Å². The Morgan fingerprint density at radius 3 is 2.15 bits per heavy atom. The molecule has 0 radical (unpaired) electrons. The molecule has 0 amide bonds. The summed E-state index contributed by atoms with van der Waals surface area (Å²) in [6.07, 6.45) is -5.49. The number of nitro benzene ring substituents is 2. The van der Waals surface area contributed by atoms with Crippen molar-refractivity contribution in [2.45, 2.75) is 45.6 Å². The Labute approximate surface area is 279 Å². The van der Waals surface area contributed by atoms with E-state index < -0.39 is 77.5 Å². The molecule has 0 saturated carbocycles. The standard InChI is InChI=1S/C17H21N4O9P.C7H6N2O5.Na/c1-7-3-9-10(4-8(7)2)21(15-13(18-9)16(25)20-17(26)19-15)5-11(22)14(24)12(23)6-30-31(27,28)29;1-4-2-5(8(11)12)3-6(7(4)10)9(13)14;/h3-4,11-12,14,22-24H,5-6H2,1-2H3,(H,20,25,26)(H2,27,28,29);2-3,10H,1H3;/q;;+1/p-1/t11-,12+,14-;;/m0../s1. The summed E-state index contributed by atoms with van der Waals surface area (Å²) in [5, 5.41) is 60.4. The third kappa shape index (κ3) is 9.19. The van der Waals surface area contributed by atoms with Crippen LogP contribution in [0, 0.1) is 41.0 Å². The van der Waals surface area contributed by atoms with E-state index in [0.717, 1.165) is 23.3 Å². The number of hydrogen-bond donors (Lipinski definition) is 6. The zero-order valence-electron chi connectivity index (χ0n) is 24.5. The number of nitrogens with zero attached hydrogens (tertiary/aromatic N) is 5. The normalized spacial score (nSPS) is 14.3. The molecule has 6 N–H and O–H groups in total. The van der Waals surface area contributed by atoms with Crippen molar-refractivity contribution in [2.75, 3.05) is 6.61 Å². The average molecular weight is 676 g/mol. The number of fused-ring (bicyclic) bond motifs is 2. The average Bonchev–Trinajstić information content (AvgIpc) is 2.93. The number of hydrogen-bond acceptors (Lipinski definition) is 15. The van der Waals surface area contributed by atoms with E-state index in [-0.39, 0.29) is 46.6 Å². The Balaban J connectivity index is 0.000000413. The van der Waals surface area contributed by atoms with Gasteiger partial charge in [0.2, 0.25) is 0 Å². The molecule has 0 aromatic heterocycles. The van der Waals surface area contributed by atoms with Crippen molar-refractivity contribution in [3.05, 3.63) is 82.0 Å². The molecule has 2 aromatic carbocycles. The van der Waals surface area contributed by atoms with Gasteiger partial charge in [0.05, 0.1) is 40.1 Å². The van der Waals surface area contributed by atoms with E-state index >= 15 is 0 Å². The molecule has 0 fully saturated rings. The summed E-state index contributed by atoms with van der Waals surface area (Å²) in [5.74, 6) is -0.693. The fraction of sp³-hybridized carbons (Fsp3) is 0.333. The van der Waals surface area contributed by atoms with Gasteiger partial charge in [0.15, 0.2) is 17.3 Å². The summed E-state index contributed by atoms with van der Waals surface area (Å²) in [4.78, 5) is 72.4. The minimum Gasteiger partial charge on any atom is -0.756 e. The second-order valence-electron chi connectivity index (χ2n) is 9.73. The number of nitro groups is 2. The van der Waals surface area contributed by atoms with Crippen molar-refractivity contribution in [3.8, 4) is 17.3 Å². The van der Waals surface area contributed by atoms with Crippen LogP contribution in [0.5, 0.6) is 5.75 Å². The number of H-pyrrole nitrogens is 1. The zero-order chi connectivity index (χ0) is 34.0. The molecule has 0 bridgehead atoms. The van der Waals surface area contributed by atoms with E-state index in [1.54, 1.807) is 12.1 Å². The fourth-order valence-electron chi connectivity index (χ4n) is 4.04. The molecule has 4 rings (SSSR count). The summed E-state index contributed by atoms with van der Waals surface area (Å²) < 4.78 is 16.0. The van der Waals surface area contributed by atoms with Gasteiger partial charge < -0.3 is 39.3 Å². The van der Waals surface area contributed by atoms with E-state index in [9.17, 15) is 59.7 Å². The second-order valence-corrected chi connectivity index (χ2v) is 10.9. The Hall–Kier alpha value is -3.69. The van der Waals surface area contributed by atoms with Crippen molar-refractivity contribution >= 4 is 30.2 Å². The Bertz CT molecular complexity index is 1910. The van der Waals surface area contributed by atoms with Gasteiger partial charge in [-0.3, -0.25) is 34.6 Å². The molecule has 0 aliphatic carbocycles. The number of aromatic hydroxyl groups is 1. The third-order valence-electron chi connectivity index (χ3n) is 6.46. The number of phenolic OH excluding ortho intramolecular Hbond substituents is 1. The van der Waals surface area contributed by atoms with Gasteiger partial charge in [0, 0.05) is 11.6 Å². The molecular formula is C24H26N6NaO14P. The number of non-ortho nitro benzene ring substituents is 1. The predicted octanol–water partition coefficient (Wildman–Crippen LogP) is -3.72. The first-order valence-corrected chi connectivity index (χ1v) is 14.1. The van der Waals surface area contributed by atoms with E-state index in [2.05, 4.69) is 14.5 Å². The fourth-order valence-corrected chi connectivity index (χ4v) is 4.38. The summed E-state index contributed by atoms with van der Waals surface area (Å²) in [6.45, 7) is 3.56. The van der Waals surface area contributed by atoms with Crippen molar-refractivity contribution in [1.29, 1.82) is 0 Å². The van der Waals surface area contributed by atoms with Gasteiger partial charge in [0.25, 0.3) is 19.1 Å². The number of benzene rings is 2. The monoisotopic (exact) mass is 676 g/mol. The van der Waals surface area contributed by atoms with Crippen molar-refractivity contribution in [1.82, 2.24) is 19.5 Å². The topological polar surface area (TPSA) is 317 Å². The molecule has 2 aromatic rings. The number of rotatable bonds is 9. The summed E-state index contributed by atoms with van der Waals surface area (Å²) >= 11 is 0. The van der Waals surface area contributed by atoms with Crippen LogP contribution < -0.4 is 45.7 Å². The molecule has 46 heavy (non-hydrogen) atoms. The van der Waals surface area contributed by atoms with Crippen LogP contribution >= 0.6 is 7.82 Å². The molecule has 242 valence electrons. The first-order valence-electron chi connectivity index (χ1n) is 12.6. The quantitative estimate of drug-likeness (QED) is 0.0326. The van der Waals surface area contributed by atoms with Gasteiger partial charge in [-0.25, -0.2) is 9.78 Å². The van der Waals surface area contributed by atoms with Crippen molar-refractivity contribution in [2.24, 2.45) is 0 Å². The van der Waals surface area contributed by atoms with Crippen LogP contribution in [-0.4, -0.2) is 79.6 Å².